The van der Waals surface area contributed by atoms with Gasteiger partial charge in [0.1, 0.15) is 5.75 Å². The van der Waals surface area contributed by atoms with Gasteiger partial charge in [-0.25, -0.2) is 0 Å². The van der Waals surface area contributed by atoms with Crippen LogP contribution in [-0.4, -0.2) is 22.4 Å². The number of hydrogen-bond donors (Lipinski definition) is 1. The molecule has 0 unspecified atom stereocenters. The van der Waals surface area contributed by atoms with Gasteiger partial charge in [-0.2, -0.15) is 0 Å². The highest BCUT2D eigenvalue weighted by Crippen LogP contribution is 2.36. The third-order valence-corrected chi connectivity index (χ3v) is 1.93. The third-order valence-electron chi connectivity index (χ3n) is 1.93. The molecule has 0 bridgehead atoms. The lowest BCUT2D eigenvalue weighted by atomic mass is 10.1. The normalized spacial score (nSPS) is 13.6. The molecule has 2 rings (SSSR count). The number of fused-ring (bicyclic) bond motifs is 1. The summed E-state index contributed by atoms with van der Waals surface area (Å²) in [4.78, 5) is 20.8. The van der Waals surface area contributed by atoms with E-state index >= 15 is 0 Å². The second kappa shape index (κ2) is 2.69. The van der Waals surface area contributed by atoms with Crippen LogP contribution in [0.2, 0.25) is 0 Å². The van der Waals surface area contributed by atoms with Crippen LogP contribution in [0.3, 0.4) is 0 Å². The molecule has 0 aliphatic carbocycles. The second-order valence-corrected chi connectivity index (χ2v) is 2.81. The van der Waals surface area contributed by atoms with Gasteiger partial charge >= 0.3 is 5.69 Å². The zero-order valence-electron chi connectivity index (χ0n) is 6.89. The SMILES string of the molecule is O=C1COc2cc(O)c([N+](=O)[O-])cc21. The van der Waals surface area contributed by atoms with Crippen LogP contribution < -0.4 is 4.74 Å². The molecule has 6 heteroatoms. The molecule has 72 valence electrons. The summed E-state index contributed by atoms with van der Waals surface area (Å²) in [6.07, 6.45) is 0. The highest BCUT2D eigenvalue weighted by atomic mass is 16.6. The average molecular weight is 195 g/mol. The highest BCUT2D eigenvalue weighted by molar-refractivity contribution is 6.03. The molecule has 0 aromatic heterocycles. The minimum absolute atomic E-state index is 0.129. The van der Waals surface area contributed by atoms with Crippen molar-refractivity contribution < 1.29 is 19.6 Å². The van der Waals surface area contributed by atoms with Crippen LogP contribution >= 0.6 is 0 Å². The summed E-state index contributed by atoms with van der Waals surface area (Å²) in [5.41, 5.74) is -0.336. The fourth-order valence-corrected chi connectivity index (χ4v) is 1.26. The minimum atomic E-state index is -0.749. The van der Waals surface area contributed by atoms with Crippen LogP contribution in [-0.2, 0) is 0 Å². The molecule has 1 aliphatic rings. The first kappa shape index (κ1) is 8.49. The lowest BCUT2D eigenvalue weighted by molar-refractivity contribution is -0.385. The Kier molecular flexibility index (Phi) is 1.63. The number of hydrogen-bond acceptors (Lipinski definition) is 5. The Morgan fingerprint density at radius 3 is 2.86 bits per heavy atom. The van der Waals surface area contributed by atoms with Crippen molar-refractivity contribution in [1.82, 2.24) is 0 Å². The number of aromatic hydroxyl groups is 1. The van der Waals surface area contributed by atoms with Gasteiger partial charge in [-0.15, -0.1) is 0 Å². The number of Topliss-reactive ketones (excluding diaryl/α,β-unsaturated/α-hetero) is 1. The summed E-state index contributed by atoms with van der Waals surface area (Å²) in [5, 5.41) is 19.6. The lowest BCUT2D eigenvalue weighted by Crippen LogP contribution is -1.99. The van der Waals surface area contributed by atoms with Gasteiger partial charge in [0.15, 0.2) is 12.4 Å². The van der Waals surface area contributed by atoms with Gasteiger partial charge in [0, 0.05) is 12.1 Å². The summed E-state index contributed by atoms with van der Waals surface area (Å²) in [5.74, 6) is -0.621. The Morgan fingerprint density at radius 1 is 1.50 bits per heavy atom. The molecular formula is C8H5NO5. The molecule has 1 N–H and O–H groups in total. The van der Waals surface area contributed by atoms with Gasteiger partial charge in [-0.3, -0.25) is 14.9 Å². The van der Waals surface area contributed by atoms with Crippen LogP contribution in [0.4, 0.5) is 5.69 Å². The molecule has 0 saturated heterocycles. The molecule has 6 nitrogen and oxygen atoms in total. The number of ketones is 1. The standard InChI is InChI=1S/C8H5NO5/c10-6-2-8-4(7(11)3-14-8)1-5(6)9(12)13/h1-2,10H,3H2. The number of nitro groups is 1. The zero-order valence-corrected chi connectivity index (χ0v) is 6.89. The summed E-state index contributed by atoms with van der Waals surface area (Å²) in [7, 11) is 0. The molecule has 0 radical (unpaired) electrons. The molecule has 0 amide bonds. The maximum atomic E-state index is 11.1. The predicted octanol–water partition coefficient (Wildman–Crippen LogP) is 0.875. The van der Waals surface area contributed by atoms with Gasteiger partial charge in [0.25, 0.3) is 0 Å². The van der Waals surface area contributed by atoms with Crippen LogP contribution in [0, 0.1) is 10.1 Å². The van der Waals surface area contributed by atoms with Crippen molar-refractivity contribution >= 4 is 11.5 Å². The van der Waals surface area contributed by atoms with Gasteiger partial charge in [0.05, 0.1) is 10.5 Å². The monoisotopic (exact) mass is 195 g/mol. The van der Waals surface area contributed by atoms with Crippen LogP contribution in [0.15, 0.2) is 12.1 Å². The van der Waals surface area contributed by atoms with Crippen LogP contribution in [0.25, 0.3) is 0 Å². The summed E-state index contributed by atoms with van der Waals surface area (Å²) in [6, 6.07) is 2.11. The molecular weight excluding hydrogens is 190 g/mol. The number of carbonyl (C=O) groups is 1. The second-order valence-electron chi connectivity index (χ2n) is 2.81. The number of rotatable bonds is 1. The zero-order chi connectivity index (χ0) is 10.3. The van der Waals surface area contributed by atoms with Crippen molar-refractivity contribution in [2.24, 2.45) is 0 Å². The minimum Gasteiger partial charge on any atom is -0.502 e. The predicted molar refractivity (Wildman–Crippen MR) is 44.6 cm³/mol. The Labute approximate surface area is 77.9 Å². The number of nitrogens with zero attached hydrogens (tertiary/aromatic N) is 1. The van der Waals surface area contributed by atoms with Crippen molar-refractivity contribution in [2.45, 2.75) is 0 Å². The summed E-state index contributed by atoms with van der Waals surface area (Å²) < 4.78 is 4.89. The molecule has 0 fully saturated rings. The van der Waals surface area contributed by atoms with E-state index < -0.39 is 16.4 Å². The van der Waals surface area contributed by atoms with Crippen molar-refractivity contribution in [2.75, 3.05) is 6.61 Å². The quantitative estimate of drug-likeness (QED) is 0.530. The van der Waals surface area contributed by atoms with E-state index in [1.807, 2.05) is 0 Å². The maximum absolute atomic E-state index is 11.1. The Bertz CT molecular complexity index is 439. The fraction of sp³-hybridized carbons (Fsp3) is 0.125. The van der Waals surface area contributed by atoms with Crippen LogP contribution in [0.1, 0.15) is 10.4 Å². The van der Waals surface area contributed by atoms with E-state index in [4.69, 9.17) is 4.74 Å². The number of ether oxygens (including phenoxy) is 1. The first-order chi connectivity index (χ1) is 6.59. The van der Waals surface area contributed by atoms with E-state index in [1.54, 1.807) is 0 Å². The highest BCUT2D eigenvalue weighted by Gasteiger charge is 2.27. The Hall–Kier alpha value is -2.11. The van der Waals surface area contributed by atoms with E-state index in [0.29, 0.717) is 0 Å². The van der Waals surface area contributed by atoms with Crippen molar-refractivity contribution in [3.05, 3.63) is 27.8 Å². The topological polar surface area (TPSA) is 89.7 Å². The Morgan fingerprint density at radius 2 is 2.21 bits per heavy atom. The molecule has 0 saturated carbocycles. The van der Waals surface area contributed by atoms with Crippen molar-refractivity contribution in [1.29, 1.82) is 0 Å². The molecule has 0 spiro atoms. The number of phenolic OH excluding ortho intramolecular Hbond substituents is 1. The van der Waals surface area contributed by atoms with Gasteiger partial charge in [0.2, 0.25) is 5.78 Å². The van der Waals surface area contributed by atoms with E-state index in [1.165, 1.54) is 0 Å². The van der Waals surface area contributed by atoms with Gasteiger partial charge in [-0.1, -0.05) is 0 Å². The van der Waals surface area contributed by atoms with Gasteiger partial charge in [-0.05, 0) is 0 Å². The molecule has 14 heavy (non-hydrogen) atoms. The fourth-order valence-electron chi connectivity index (χ4n) is 1.26. The van der Waals surface area contributed by atoms with E-state index in [-0.39, 0.29) is 23.7 Å². The molecule has 1 heterocycles. The first-order valence-electron chi connectivity index (χ1n) is 3.77. The van der Waals surface area contributed by atoms with E-state index in [0.717, 1.165) is 12.1 Å². The van der Waals surface area contributed by atoms with E-state index in [9.17, 15) is 20.0 Å². The third kappa shape index (κ3) is 1.08. The van der Waals surface area contributed by atoms with Crippen LogP contribution in [0.5, 0.6) is 11.5 Å². The molecule has 1 aliphatic heterocycles. The number of nitro benzene ring substituents is 1. The summed E-state index contributed by atoms with van der Waals surface area (Å²) in [6.45, 7) is -0.129. The number of carbonyl (C=O) groups excluding carboxylic acids is 1. The Balaban J connectivity index is 2.62. The van der Waals surface area contributed by atoms with Crippen molar-refractivity contribution in [3.8, 4) is 11.5 Å². The average Bonchev–Trinajstić information content (AvgIpc) is 2.46. The number of phenols is 1. The van der Waals surface area contributed by atoms with Crippen molar-refractivity contribution in [3.63, 3.8) is 0 Å². The largest absolute Gasteiger partial charge is 0.502 e. The lowest BCUT2D eigenvalue weighted by Gasteiger charge is -1.99. The maximum Gasteiger partial charge on any atom is 0.311 e. The first-order valence-corrected chi connectivity index (χ1v) is 3.77. The smallest absolute Gasteiger partial charge is 0.311 e. The number of benzene rings is 1. The molecule has 1 aromatic carbocycles. The summed E-state index contributed by atoms with van der Waals surface area (Å²) >= 11 is 0. The van der Waals surface area contributed by atoms with E-state index in [2.05, 4.69) is 0 Å². The molecule has 1 aromatic rings. The van der Waals surface area contributed by atoms with Gasteiger partial charge < -0.3 is 9.84 Å². The molecule has 0 atom stereocenters.